The van der Waals surface area contributed by atoms with Crippen molar-refractivity contribution in [3.63, 3.8) is 0 Å². The molecular weight excluding hydrogens is 1210 g/mol. The van der Waals surface area contributed by atoms with Crippen molar-refractivity contribution in [2.45, 2.75) is 219 Å². The van der Waals surface area contributed by atoms with Crippen LogP contribution in [-0.2, 0) is 62.3 Å². The van der Waals surface area contributed by atoms with Gasteiger partial charge in [-0.1, -0.05) is 120 Å². The lowest BCUT2D eigenvalue weighted by Crippen LogP contribution is -2.64. The molecule has 0 radical (unpaired) electrons. The minimum atomic E-state index is -2.57. The summed E-state index contributed by atoms with van der Waals surface area (Å²) in [5.74, 6) is -17.0. The number of nitrogens with two attached hydrogens (primary N) is 2. The third-order valence-electron chi connectivity index (χ3n) is 15.0. The molecule has 0 spiro atoms. The summed E-state index contributed by atoms with van der Waals surface area (Å²) in [5, 5.41) is 82.0. The van der Waals surface area contributed by atoms with E-state index in [0.717, 1.165) is 6.92 Å². The smallest absolute Gasteiger partial charge is 0.331 e. The number of ether oxygens (including phenoxy) is 1. The summed E-state index contributed by atoms with van der Waals surface area (Å²) in [7, 11) is 0. The second-order valence-electron chi connectivity index (χ2n) is 25.4. The zero-order valence-corrected chi connectivity index (χ0v) is 55.5. The third kappa shape index (κ3) is 27.2. The van der Waals surface area contributed by atoms with Crippen LogP contribution in [0.25, 0.3) is 0 Å². The molecule has 524 valence electrons. The Labute approximate surface area is 543 Å². The number of primary amides is 1. The lowest BCUT2D eigenvalue weighted by atomic mass is 9.95. The minimum absolute atomic E-state index is 0.00245. The Hall–Kier alpha value is -8.07. The number of carbonyl (C=O) groups is 12. The Balaban J connectivity index is 3.15. The van der Waals surface area contributed by atoms with Gasteiger partial charge in [-0.25, -0.2) is 4.79 Å². The van der Waals surface area contributed by atoms with E-state index >= 15 is 9.59 Å². The number of rotatable bonds is 25. The molecule has 1 aromatic carbocycles. The first kappa shape index (κ1) is 81.0. The Kier molecular flexibility index (Phi) is 34.4. The Morgan fingerprint density at radius 1 is 0.634 bits per heavy atom. The Morgan fingerprint density at radius 2 is 1.17 bits per heavy atom. The van der Waals surface area contributed by atoms with Gasteiger partial charge in [0.2, 0.25) is 65.0 Å². The van der Waals surface area contributed by atoms with Gasteiger partial charge in [-0.3, -0.25) is 58.1 Å². The van der Waals surface area contributed by atoms with Crippen LogP contribution in [0.2, 0.25) is 0 Å². The molecular formula is C61H103N15O17. The zero-order chi connectivity index (χ0) is 70.7. The average Bonchev–Trinajstić information content (AvgIpc) is 0.836. The molecule has 1 heterocycles. The van der Waals surface area contributed by atoms with E-state index in [2.05, 4.69) is 53.2 Å². The molecule has 11 amide bonds. The average molecular weight is 1320 g/mol. The van der Waals surface area contributed by atoms with Gasteiger partial charge in [0.15, 0.2) is 24.2 Å². The van der Waals surface area contributed by atoms with Gasteiger partial charge in [-0.05, 0) is 74.2 Å². The van der Waals surface area contributed by atoms with E-state index in [-0.39, 0.29) is 68.0 Å². The molecule has 15 atom stereocenters. The van der Waals surface area contributed by atoms with E-state index in [9.17, 15) is 68.4 Å². The summed E-state index contributed by atoms with van der Waals surface area (Å²) < 4.78 is 5.97. The van der Waals surface area contributed by atoms with Crippen LogP contribution in [0.1, 0.15) is 140 Å². The van der Waals surface area contributed by atoms with Crippen LogP contribution in [-0.4, -0.2) is 202 Å². The molecule has 1 aliphatic rings. The second-order valence-corrected chi connectivity index (χ2v) is 25.4. The van der Waals surface area contributed by atoms with Crippen LogP contribution in [0.5, 0.6) is 0 Å². The van der Waals surface area contributed by atoms with Gasteiger partial charge in [0.1, 0.15) is 48.3 Å². The lowest BCUT2D eigenvalue weighted by Gasteiger charge is -2.34. The Morgan fingerprint density at radius 3 is 1.70 bits per heavy atom. The van der Waals surface area contributed by atoms with E-state index in [1.807, 2.05) is 38.3 Å². The highest BCUT2D eigenvalue weighted by molar-refractivity contribution is 6.00. The molecule has 1 fully saturated rings. The van der Waals surface area contributed by atoms with Gasteiger partial charge in [0.25, 0.3) is 0 Å². The van der Waals surface area contributed by atoms with Gasteiger partial charge in [0.05, 0.1) is 31.4 Å². The summed E-state index contributed by atoms with van der Waals surface area (Å²) in [4.78, 5) is 171. The van der Waals surface area contributed by atoms with Crippen molar-refractivity contribution in [3.05, 3.63) is 35.9 Å². The van der Waals surface area contributed by atoms with Crippen LogP contribution in [0, 0.1) is 35.0 Å². The van der Waals surface area contributed by atoms with Crippen LogP contribution in [0.15, 0.2) is 30.3 Å². The molecule has 32 nitrogen and oxygen atoms in total. The maximum absolute atomic E-state index is 15.5. The van der Waals surface area contributed by atoms with Crippen LogP contribution in [0.3, 0.4) is 0 Å². The van der Waals surface area contributed by atoms with Crippen molar-refractivity contribution in [1.82, 2.24) is 63.8 Å². The van der Waals surface area contributed by atoms with E-state index < -0.39 is 187 Å². The standard InChI is InChI=1S/C61H103N15O17/c1-14-33(12)42-56(88)74-43(34(13)78)55(87)66-26-41(79)72-45(48(81)50(62)82)58(90)71-40(27-77)60(92)93-49(35-19-16-15-17-20-35)46(76-54(86)39(25-30(6)7)69-52(84)37(23-28(2)3)67-32(10)11)59(91)75-44(47(80)31(8)9)57(89)70-38(24-29(4)5)53(85)68-36(51(83)73-42)21-18-22-65-61(63)64/h15-17,19-20,28-34,36-40,42-49,67,77-78,80-81H,14,18,21-27H2,1-13H3,(H2,62,82)(H,66,87)(H,68,85)(H,69,84)(H,70,89)(H,71,90)(H,72,79)(H,73,83)(H,74,88)(H,75,91)(H,76,86)(H4,63,64,65)/t33-,34-,36+,37+,38-,39-,40-,42?,43-,44-,45-,46-,47+,48-,49+/m0/s1. The molecule has 93 heavy (non-hydrogen) atoms. The maximum Gasteiger partial charge on any atom is 0.331 e. The number of benzene rings is 1. The molecule has 32 heteroatoms. The first-order chi connectivity index (χ1) is 43.4. The maximum atomic E-state index is 15.5. The fourth-order valence-corrected chi connectivity index (χ4v) is 9.78. The van der Waals surface area contributed by atoms with Crippen LogP contribution >= 0.6 is 0 Å². The van der Waals surface area contributed by atoms with Gasteiger partial charge in [0, 0.05) is 12.6 Å². The molecule has 0 aliphatic carbocycles. The topological polar surface area (TPSA) is 515 Å². The zero-order valence-electron chi connectivity index (χ0n) is 55.5. The first-order valence-electron chi connectivity index (χ1n) is 31.5. The van der Waals surface area contributed by atoms with Crippen molar-refractivity contribution in [2.75, 3.05) is 19.7 Å². The van der Waals surface area contributed by atoms with Crippen molar-refractivity contribution in [2.24, 2.45) is 41.1 Å². The minimum Gasteiger partial charge on any atom is -0.453 e. The number of hydrogen-bond donors (Lipinski definition) is 19. The third-order valence-corrected chi connectivity index (χ3v) is 15.0. The molecule has 21 N–H and O–H groups in total. The van der Waals surface area contributed by atoms with Gasteiger partial charge in [-0.15, -0.1) is 0 Å². The number of hydrogen-bond acceptors (Lipinski definition) is 19. The fourth-order valence-electron chi connectivity index (χ4n) is 9.78. The molecule has 0 bridgehead atoms. The predicted octanol–water partition coefficient (Wildman–Crippen LogP) is -4.19. The van der Waals surface area contributed by atoms with Crippen molar-refractivity contribution < 1.29 is 82.7 Å². The fraction of sp³-hybridized carbons (Fsp3) is 0.689. The first-order valence-corrected chi connectivity index (χ1v) is 31.5. The van der Waals surface area contributed by atoms with Crippen LogP contribution < -0.4 is 75.3 Å². The van der Waals surface area contributed by atoms with Crippen molar-refractivity contribution in [1.29, 1.82) is 5.41 Å². The van der Waals surface area contributed by atoms with Gasteiger partial charge < -0.3 is 100 Å². The SMILES string of the molecule is CC[C@H](C)C1NC(=O)[C@@H](CCCNC(=N)N)NC(=O)[C@H](CC(C)C)NC(=O)[C@H]([C@H](O)C(C)C)NC(=O)[C@@H](NC(=O)[C@H](CC(C)C)NC(=O)[C@@H](CC(C)C)NC(C)C)[C@@H](c2ccccc2)OC(=O)[C@H](CO)NC(=O)[C@H]([C@H](O)C(N)=O)NC(=O)CNC(=O)[C@H]([C@H](C)O)NC1=O. The molecule has 0 saturated carbocycles. The van der Waals surface area contributed by atoms with E-state index in [0.29, 0.717) is 6.42 Å². The number of aliphatic hydroxyl groups is 4. The van der Waals surface area contributed by atoms with Crippen molar-refractivity contribution in [3.8, 4) is 0 Å². The molecule has 1 aliphatic heterocycles. The van der Waals surface area contributed by atoms with E-state index in [4.69, 9.17) is 21.6 Å². The number of nitrogens with one attached hydrogen (secondary N) is 13. The number of carbonyl (C=O) groups excluding carboxylic acids is 12. The quantitative estimate of drug-likeness (QED) is 0.0191. The molecule has 1 saturated heterocycles. The highest BCUT2D eigenvalue weighted by Crippen LogP contribution is 2.25. The van der Waals surface area contributed by atoms with Crippen LogP contribution in [0.4, 0.5) is 0 Å². The largest absolute Gasteiger partial charge is 0.453 e. The van der Waals surface area contributed by atoms with Gasteiger partial charge >= 0.3 is 5.97 Å². The molecule has 1 aromatic rings. The highest BCUT2D eigenvalue weighted by Gasteiger charge is 2.44. The number of aliphatic hydroxyl groups excluding tert-OH is 4. The van der Waals surface area contributed by atoms with Gasteiger partial charge in [-0.2, -0.15) is 0 Å². The molecule has 2 rings (SSSR count). The number of amides is 11. The number of esters is 1. The summed E-state index contributed by atoms with van der Waals surface area (Å²) in [6.45, 7) is 19.3. The summed E-state index contributed by atoms with van der Waals surface area (Å²) in [5.41, 5.74) is 10.8. The number of guanidine groups is 1. The summed E-state index contributed by atoms with van der Waals surface area (Å²) in [6.07, 6.45) is -7.84. The normalized spacial score (nSPS) is 24.4. The Bertz CT molecular complexity index is 2690. The van der Waals surface area contributed by atoms with Crippen molar-refractivity contribution >= 4 is 76.9 Å². The van der Waals surface area contributed by atoms with E-state index in [1.54, 1.807) is 41.5 Å². The second kappa shape index (κ2) is 39.5. The monoisotopic (exact) mass is 1320 g/mol. The molecule has 0 aromatic heterocycles. The highest BCUT2D eigenvalue weighted by atomic mass is 16.5. The molecule has 1 unspecified atom stereocenters. The predicted molar refractivity (Wildman–Crippen MR) is 340 cm³/mol. The summed E-state index contributed by atoms with van der Waals surface area (Å²) >= 11 is 0. The number of cyclic esters (lactones) is 1. The lowest BCUT2D eigenvalue weighted by molar-refractivity contribution is -0.159. The van der Waals surface area contributed by atoms with E-state index in [1.165, 1.54) is 44.2 Å². The summed E-state index contributed by atoms with van der Waals surface area (Å²) in [6, 6.07) is -10.5.